The first-order valence-electron chi connectivity index (χ1n) is 11.2. The molecule has 0 aliphatic carbocycles. The summed E-state index contributed by atoms with van der Waals surface area (Å²) in [6.07, 6.45) is 8.47. The Labute approximate surface area is 199 Å². The number of para-hydroxylation sites is 1. The van der Waals surface area contributed by atoms with Crippen LogP contribution in [0.3, 0.4) is 0 Å². The van der Waals surface area contributed by atoms with Crippen molar-refractivity contribution >= 4 is 33.7 Å². The van der Waals surface area contributed by atoms with Crippen molar-refractivity contribution in [1.29, 1.82) is 0 Å². The van der Waals surface area contributed by atoms with E-state index in [1.165, 1.54) is 0 Å². The Bertz CT molecular complexity index is 1680. The molecule has 0 bridgehead atoms. The Balaban J connectivity index is 1.41. The second-order valence-corrected chi connectivity index (χ2v) is 8.60. The second kappa shape index (κ2) is 8.21. The number of rotatable bonds is 5. The molecule has 35 heavy (non-hydrogen) atoms. The van der Waals surface area contributed by atoms with Gasteiger partial charge in [-0.1, -0.05) is 26.0 Å². The highest BCUT2D eigenvalue weighted by atomic mass is 16.3. The van der Waals surface area contributed by atoms with Crippen LogP contribution in [-0.2, 0) is 4.79 Å². The lowest BCUT2D eigenvalue weighted by atomic mass is 10.1. The average Bonchev–Trinajstić information content (AvgIpc) is 3.62. The first kappa shape index (κ1) is 20.8. The lowest BCUT2D eigenvalue weighted by Gasteiger charge is -2.09. The van der Waals surface area contributed by atoms with E-state index in [4.69, 9.17) is 9.40 Å². The summed E-state index contributed by atoms with van der Waals surface area (Å²) in [4.78, 5) is 29.2. The molecule has 3 N–H and O–H groups in total. The zero-order chi connectivity index (χ0) is 23.9. The Kier molecular flexibility index (Phi) is 4.88. The summed E-state index contributed by atoms with van der Waals surface area (Å²) in [6, 6.07) is 11.8. The summed E-state index contributed by atoms with van der Waals surface area (Å²) in [5, 5.41) is 11.2. The molecule has 1 aromatic carbocycles. The minimum Gasteiger partial charge on any atom is -0.472 e. The summed E-state index contributed by atoms with van der Waals surface area (Å²) >= 11 is 0. The molecule has 5 aromatic heterocycles. The maximum Gasteiger partial charge on any atom is 0.226 e. The number of furan rings is 1. The van der Waals surface area contributed by atoms with Crippen molar-refractivity contribution in [2.75, 3.05) is 5.32 Å². The van der Waals surface area contributed by atoms with Gasteiger partial charge in [-0.25, -0.2) is 9.97 Å². The molecule has 0 fully saturated rings. The van der Waals surface area contributed by atoms with Crippen LogP contribution in [-0.4, -0.2) is 36.0 Å². The summed E-state index contributed by atoms with van der Waals surface area (Å²) in [6.45, 7) is 3.70. The van der Waals surface area contributed by atoms with E-state index in [9.17, 15) is 4.79 Å². The SMILES string of the molecule is CC(C)C(=O)Nc1cncc(-c2cnc3n[nH]c(-c4nc5c(-c6ccoc6)cccc5[nH]4)c3c2)c1. The molecule has 9 heteroatoms. The van der Waals surface area contributed by atoms with Crippen molar-refractivity contribution in [2.45, 2.75) is 13.8 Å². The molecule has 0 radical (unpaired) electrons. The smallest absolute Gasteiger partial charge is 0.226 e. The minimum absolute atomic E-state index is 0.0608. The Morgan fingerprint density at radius 3 is 2.77 bits per heavy atom. The van der Waals surface area contributed by atoms with Crippen LogP contribution in [0.15, 0.2) is 71.9 Å². The van der Waals surface area contributed by atoms with E-state index < -0.39 is 0 Å². The fraction of sp³-hybridized carbons (Fsp3) is 0.115. The summed E-state index contributed by atoms with van der Waals surface area (Å²) in [7, 11) is 0. The van der Waals surface area contributed by atoms with Gasteiger partial charge < -0.3 is 14.7 Å². The fourth-order valence-corrected chi connectivity index (χ4v) is 3.99. The van der Waals surface area contributed by atoms with Crippen LogP contribution in [0, 0.1) is 5.92 Å². The van der Waals surface area contributed by atoms with Crippen LogP contribution < -0.4 is 5.32 Å². The number of amides is 1. The molecule has 5 heterocycles. The topological polar surface area (TPSA) is 125 Å². The predicted octanol–water partition coefficient (Wildman–Crippen LogP) is 5.42. The van der Waals surface area contributed by atoms with Crippen LogP contribution in [0.2, 0.25) is 0 Å². The van der Waals surface area contributed by atoms with Gasteiger partial charge in [-0.05, 0) is 24.3 Å². The largest absolute Gasteiger partial charge is 0.472 e. The molecule has 0 saturated carbocycles. The minimum atomic E-state index is -0.122. The molecule has 0 aliphatic rings. The molecule has 0 unspecified atom stereocenters. The first-order chi connectivity index (χ1) is 17.1. The standard InChI is InChI=1S/C26H21N7O2/c1-14(2)26(34)29-18-8-16(10-27-12-18)17-9-20-23(32-33-24(20)28-11-17)25-30-21-5-3-4-19(22(21)31-25)15-6-7-35-13-15/h3-14H,1-2H3,(H,29,34)(H,30,31)(H,28,32,33). The van der Waals surface area contributed by atoms with E-state index in [1.54, 1.807) is 31.1 Å². The molecule has 9 nitrogen and oxygen atoms in total. The van der Waals surface area contributed by atoms with Gasteiger partial charge in [-0.2, -0.15) is 5.10 Å². The Hall–Kier alpha value is -4.79. The lowest BCUT2D eigenvalue weighted by Crippen LogP contribution is -2.17. The lowest BCUT2D eigenvalue weighted by molar-refractivity contribution is -0.118. The number of anilines is 1. The van der Waals surface area contributed by atoms with E-state index in [2.05, 4.69) is 30.5 Å². The molecular weight excluding hydrogens is 442 g/mol. The third-order valence-corrected chi connectivity index (χ3v) is 5.85. The monoisotopic (exact) mass is 463 g/mol. The number of hydrogen-bond donors (Lipinski definition) is 3. The van der Waals surface area contributed by atoms with E-state index in [1.807, 2.05) is 50.2 Å². The van der Waals surface area contributed by atoms with Crippen molar-refractivity contribution in [1.82, 2.24) is 30.1 Å². The van der Waals surface area contributed by atoms with E-state index >= 15 is 0 Å². The summed E-state index contributed by atoms with van der Waals surface area (Å²) < 4.78 is 5.26. The van der Waals surface area contributed by atoms with Crippen LogP contribution >= 0.6 is 0 Å². The van der Waals surface area contributed by atoms with Crippen molar-refractivity contribution in [3.8, 4) is 33.8 Å². The number of carbonyl (C=O) groups excluding carboxylic acids is 1. The number of benzene rings is 1. The van der Waals surface area contributed by atoms with Gasteiger partial charge in [0.05, 0.1) is 40.8 Å². The van der Waals surface area contributed by atoms with Gasteiger partial charge in [0.2, 0.25) is 5.91 Å². The zero-order valence-corrected chi connectivity index (χ0v) is 19.0. The molecule has 0 aliphatic heterocycles. The Morgan fingerprint density at radius 2 is 1.94 bits per heavy atom. The quantitative estimate of drug-likeness (QED) is 0.314. The average molecular weight is 464 g/mol. The molecule has 0 spiro atoms. The molecule has 0 saturated heterocycles. The highest BCUT2D eigenvalue weighted by Gasteiger charge is 2.16. The summed E-state index contributed by atoms with van der Waals surface area (Å²) in [5.74, 6) is 0.478. The highest BCUT2D eigenvalue weighted by molar-refractivity contribution is 5.97. The number of fused-ring (bicyclic) bond motifs is 2. The van der Waals surface area contributed by atoms with Crippen molar-refractivity contribution in [3.63, 3.8) is 0 Å². The third kappa shape index (κ3) is 3.72. The molecule has 1 amide bonds. The molecular formula is C26H21N7O2. The molecule has 172 valence electrons. The van der Waals surface area contributed by atoms with Gasteiger partial charge in [0.25, 0.3) is 0 Å². The number of nitrogens with one attached hydrogen (secondary N) is 3. The van der Waals surface area contributed by atoms with Crippen molar-refractivity contribution in [2.24, 2.45) is 5.92 Å². The number of aromatic nitrogens is 6. The van der Waals surface area contributed by atoms with Gasteiger partial charge >= 0.3 is 0 Å². The van der Waals surface area contributed by atoms with Crippen molar-refractivity contribution < 1.29 is 9.21 Å². The summed E-state index contributed by atoms with van der Waals surface area (Å²) in [5.41, 5.74) is 7.33. The van der Waals surface area contributed by atoms with E-state index in [0.29, 0.717) is 17.2 Å². The second-order valence-electron chi connectivity index (χ2n) is 8.60. The number of pyridine rings is 2. The highest BCUT2D eigenvalue weighted by Crippen LogP contribution is 2.32. The van der Waals surface area contributed by atoms with Crippen LogP contribution in [0.1, 0.15) is 13.8 Å². The van der Waals surface area contributed by atoms with Gasteiger partial charge in [0.15, 0.2) is 11.5 Å². The van der Waals surface area contributed by atoms with E-state index in [-0.39, 0.29) is 11.8 Å². The van der Waals surface area contributed by atoms with E-state index in [0.717, 1.165) is 44.4 Å². The number of imidazole rings is 1. The van der Waals surface area contributed by atoms with Crippen LogP contribution in [0.4, 0.5) is 5.69 Å². The Morgan fingerprint density at radius 1 is 1.06 bits per heavy atom. The maximum atomic E-state index is 12.1. The van der Waals surface area contributed by atoms with Crippen molar-refractivity contribution in [3.05, 3.63) is 67.5 Å². The van der Waals surface area contributed by atoms with Crippen LogP contribution in [0.5, 0.6) is 0 Å². The van der Waals surface area contributed by atoms with Gasteiger partial charge in [0.1, 0.15) is 5.69 Å². The number of nitrogens with zero attached hydrogens (tertiary/aromatic N) is 4. The van der Waals surface area contributed by atoms with Gasteiger partial charge in [-0.15, -0.1) is 0 Å². The molecule has 6 aromatic rings. The van der Waals surface area contributed by atoms with Gasteiger partial charge in [0, 0.05) is 40.6 Å². The maximum absolute atomic E-state index is 12.1. The number of aromatic amines is 2. The molecule has 0 atom stereocenters. The predicted molar refractivity (Wildman–Crippen MR) is 133 cm³/mol. The normalized spacial score (nSPS) is 11.5. The van der Waals surface area contributed by atoms with Gasteiger partial charge in [-0.3, -0.25) is 14.9 Å². The number of H-pyrrole nitrogens is 2. The number of hydrogen-bond acceptors (Lipinski definition) is 6. The zero-order valence-electron chi connectivity index (χ0n) is 19.0. The fourth-order valence-electron chi connectivity index (χ4n) is 3.99. The molecule has 6 rings (SSSR count). The number of carbonyl (C=O) groups is 1. The first-order valence-corrected chi connectivity index (χ1v) is 11.2. The van der Waals surface area contributed by atoms with Crippen LogP contribution in [0.25, 0.3) is 55.8 Å². The third-order valence-electron chi connectivity index (χ3n) is 5.85.